The van der Waals surface area contributed by atoms with Crippen LogP contribution in [0.1, 0.15) is 0 Å². The second kappa shape index (κ2) is 13.4. The Morgan fingerprint density at radius 3 is 1.69 bits per heavy atom. The van der Waals surface area contributed by atoms with Gasteiger partial charge in [-0.1, -0.05) is 140 Å². The molecule has 0 spiro atoms. The van der Waals surface area contributed by atoms with E-state index >= 15 is 0 Å². The van der Waals surface area contributed by atoms with Gasteiger partial charge in [-0.3, -0.25) is 0 Å². The minimum absolute atomic E-state index is 0.637. The van der Waals surface area contributed by atoms with Crippen LogP contribution in [0.25, 0.3) is 77.5 Å². The van der Waals surface area contributed by atoms with E-state index in [2.05, 4.69) is 175 Å². The van der Waals surface area contributed by atoms with Gasteiger partial charge >= 0.3 is 0 Å². The average Bonchev–Trinajstić information content (AvgIpc) is 3.70. The first kappa shape index (κ1) is 31.5. The summed E-state index contributed by atoms with van der Waals surface area (Å²) in [4.78, 5) is 7.30. The number of rotatable bonds is 7. The van der Waals surface area contributed by atoms with Gasteiger partial charge in [0.25, 0.3) is 0 Å². The van der Waals surface area contributed by atoms with E-state index in [9.17, 15) is 0 Å². The van der Waals surface area contributed by atoms with Crippen molar-refractivity contribution in [3.05, 3.63) is 206 Å². The van der Waals surface area contributed by atoms with E-state index in [1.807, 2.05) is 36.4 Å². The van der Waals surface area contributed by atoms with Crippen molar-refractivity contribution in [1.29, 1.82) is 0 Å². The molecule has 0 N–H and O–H groups in total. The lowest BCUT2D eigenvalue weighted by Crippen LogP contribution is -2.10. The molecule has 9 aromatic carbocycles. The lowest BCUT2D eigenvalue weighted by molar-refractivity contribution is 0.620. The molecule has 1 heterocycles. The number of nitrogens with zero attached hydrogens (tertiary/aromatic N) is 2. The fourth-order valence-corrected chi connectivity index (χ4v) is 7.58. The van der Waals surface area contributed by atoms with Gasteiger partial charge in [0.15, 0.2) is 5.58 Å². The highest BCUT2D eigenvalue weighted by Crippen LogP contribution is 2.40. The van der Waals surface area contributed by atoms with Gasteiger partial charge < -0.3 is 9.32 Å². The van der Waals surface area contributed by atoms with Crippen molar-refractivity contribution < 1.29 is 4.42 Å². The molecule has 0 atom stereocenters. The van der Waals surface area contributed by atoms with Crippen molar-refractivity contribution >= 4 is 49.7 Å². The van der Waals surface area contributed by atoms with Crippen molar-refractivity contribution in [3.63, 3.8) is 0 Å². The van der Waals surface area contributed by atoms with Gasteiger partial charge in [-0.2, -0.15) is 0 Å². The fourth-order valence-electron chi connectivity index (χ4n) is 7.58. The Bertz CT molecular complexity index is 2920. The maximum Gasteiger partial charge on any atom is 0.227 e. The average molecular weight is 691 g/mol. The van der Waals surface area contributed by atoms with E-state index in [-0.39, 0.29) is 0 Å². The molecule has 0 unspecified atom stereocenters. The van der Waals surface area contributed by atoms with Gasteiger partial charge in [-0.15, -0.1) is 0 Å². The van der Waals surface area contributed by atoms with E-state index in [4.69, 9.17) is 9.40 Å². The molecule has 0 amide bonds. The van der Waals surface area contributed by atoms with Gasteiger partial charge in [0.05, 0.1) is 0 Å². The third kappa shape index (κ3) is 5.78. The molecule has 0 aliphatic heterocycles. The van der Waals surface area contributed by atoms with E-state index < -0.39 is 0 Å². The SMILES string of the molecule is c1ccc(-c2ccc(N(c3cccc(-c4ccccc4)c3)c3ccc4cc(-c5cccc6c5ccc5oc(-c7ccccc7)nc56)ccc4c3)cc2)cc1. The van der Waals surface area contributed by atoms with Gasteiger partial charge in [0, 0.05) is 28.0 Å². The second-order valence-corrected chi connectivity index (χ2v) is 13.6. The van der Waals surface area contributed by atoms with E-state index in [0.717, 1.165) is 50.1 Å². The van der Waals surface area contributed by atoms with E-state index in [1.165, 1.54) is 38.6 Å². The smallest absolute Gasteiger partial charge is 0.227 e. The van der Waals surface area contributed by atoms with Crippen molar-refractivity contribution in [3.8, 4) is 44.8 Å². The first-order chi connectivity index (χ1) is 26.7. The number of anilines is 3. The topological polar surface area (TPSA) is 29.3 Å². The monoisotopic (exact) mass is 690 g/mol. The van der Waals surface area contributed by atoms with Crippen LogP contribution in [0.3, 0.4) is 0 Å². The normalized spacial score (nSPS) is 11.3. The zero-order valence-electron chi connectivity index (χ0n) is 29.4. The maximum atomic E-state index is 6.20. The van der Waals surface area contributed by atoms with Crippen LogP contribution < -0.4 is 4.90 Å². The van der Waals surface area contributed by atoms with Gasteiger partial charge in [0.2, 0.25) is 5.89 Å². The zero-order chi connectivity index (χ0) is 35.8. The molecule has 10 aromatic rings. The Balaban J connectivity index is 1.05. The Morgan fingerprint density at radius 1 is 0.352 bits per heavy atom. The summed E-state index contributed by atoms with van der Waals surface area (Å²) in [6, 6.07) is 73.1. The lowest BCUT2D eigenvalue weighted by Gasteiger charge is -2.26. The summed E-state index contributed by atoms with van der Waals surface area (Å²) in [6.07, 6.45) is 0. The number of hydrogen-bond acceptors (Lipinski definition) is 3. The molecule has 1 aromatic heterocycles. The summed E-state index contributed by atoms with van der Waals surface area (Å²) in [5, 5.41) is 4.59. The first-order valence-electron chi connectivity index (χ1n) is 18.3. The molecule has 54 heavy (non-hydrogen) atoms. The van der Waals surface area contributed by atoms with Crippen LogP contribution in [-0.4, -0.2) is 4.98 Å². The molecule has 0 aliphatic carbocycles. The van der Waals surface area contributed by atoms with Crippen LogP contribution in [-0.2, 0) is 0 Å². The van der Waals surface area contributed by atoms with E-state index in [0.29, 0.717) is 5.89 Å². The molecule has 3 heteroatoms. The standard InChI is InChI=1S/C51H34N2O/c1-4-12-35(13-5-1)37-24-27-43(28-25-37)53(44-19-10-18-39(33-44)36-14-6-2-7-15-36)45-29-26-40-32-42(23-22-41(40)34-45)46-20-11-21-48-47(46)30-31-49-50(48)52-51(54-49)38-16-8-3-9-17-38/h1-34H. The van der Waals surface area contributed by atoms with Gasteiger partial charge in [-0.05, 0) is 116 Å². The number of fused-ring (bicyclic) bond motifs is 4. The number of aromatic nitrogens is 1. The van der Waals surface area contributed by atoms with Crippen molar-refractivity contribution in [2.45, 2.75) is 0 Å². The molecule has 0 fully saturated rings. The highest BCUT2D eigenvalue weighted by molar-refractivity contribution is 6.10. The maximum absolute atomic E-state index is 6.20. The largest absolute Gasteiger partial charge is 0.436 e. The van der Waals surface area contributed by atoms with Crippen LogP contribution >= 0.6 is 0 Å². The third-order valence-corrected chi connectivity index (χ3v) is 10.3. The summed E-state index contributed by atoms with van der Waals surface area (Å²) < 4.78 is 6.20. The predicted octanol–water partition coefficient (Wildman–Crippen LogP) is 14.3. The Kier molecular flexibility index (Phi) is 7.81. The quantitative estimate of drug-likeness (QED) is 0.167. The van der Waals surface area contributed by atoms with Crippen LogP contribution in [0, 0.1) is 0 Å². The predicted molar refractivity (Wildman–Crippen MR) is 225 cm³/mol. The molecular weight excluding hydrogens is 657 g/mol. The minimum atomic E-state index is 0.637. The Hall–Kier alpha value is -7.23. The Morgan fingerprint density at radius 2 is 0.926 bits per heavy atom. The molecule has 254 valence electrons. The Labute approximate surface area is 314 Å². The fraction of sp³-hybridized carbons (Fsp3) is 0. The third-order valence-electron chi connectivity index (χ3n) is 10.3. The highest BCUT2D eigenvalue weighted by Gasteiger charge is 2.17. The molecule has 0 aliphatic rings. The summed E-state index contributed by atoms with van der Waals surface area (Å²) in [5.74, 6) is 0.637. The molecule has 0 saturated heterocycles. The minimum Gasteiger partial charge on any atom is -0.436 e. The first-order valence-corrected chi connectivity index (χ1v) is 18.3. The van der Waals surface area contributed by atoms with Crippen molar-refractivity contribution in [1.82, 2.24) is 4.98 Å². The molecule has 10 rings (SSSR count). The number of oxazole rings is 1. The summed E-state index contributed by atoms with van der Waals surface area (Å²) in [6.45, 7) is 0. The van der Waals surface area contributed by atoms with Crippen molar-refractivity contribution in [2.24, 2.45) is 0 Å². The second-order valence-electron chi connectivity index (χ2n) is 13.6. The molecule has 0 bridgehead atoms. The molecule has 0 saturated carbocycles. The van der Waals surface area contributed by atoms with Crippen LogP contribution in [0.4, 0.5) is 17.1 Å². The van der Waals surface area contributed by atoms with Gasteiger partial charge in [0.1, 0.15) is 5.52 Å². The molecular formula is C51H34N2O. The zero-order valence-corrected chi connectivity index (χ0v) is 29.4. The summed E-state index contributed by atoms with van der Waals surface area (Å²) in [5.41, 5.74) is 13.0. The van der Waals surface area contributed by atoms with Crippen molar-refractivity contribution in [2.75, 3.05) is 4.90 Å². The summed E-state index contributed by atoms with van der Waals surface area (Å²) in [7, 11) is 0. The number of benzene rings is 9. The summed E-state index contributed by atoms with van der Waals surface area (Å²) >= 11 is 0. The lowest BCUT2D eigenvalue weighted by atomic mass is 9.95. The van der Waals surface area contributed by atoms with Gasteiger partial charge in [-0.25, -0.2) is 4.98 Å². The van der Waals surface area contributed by atoms with Crippen LogP contribution in [0.15, 0.2) is 211 Å². The molecule has 0 radical (unpaired) electrons. The van der Waals surface area contributed by atoms with E-state index in [1.54, 1.807) is 0 Å². The molecule has 3 nitrogen and oxygen atoms in total. The highest BCUT2D eigenvalue weighted by atomic mass is 16.3. The van der Waals surface area contributed by atoms with Crippen LogP contribution in [0.2, 0.25) is 0 Å². The number of hydrogen-bond donors (Lipinski definition) is 0. The van der Waals surface area contributed by atoms with Crippen LogP contribution in [0.5, 0.6) is 0 Å².